The Kier molecular flexibility index (Phi) is 7.18. The zero-order chi connectivity index (χ0) is 18.2. The number of carbonyl (C=O) groups is 2. The van der Waals surface area contributed by atoms with Crippen molar-refractivity contribution in [3.05, 3.63) is 24.0 Å². The molecule has 1 aliphatic rings. The van der Waals surface area contributed by atoms with Crippen molar-refractivity contribution in [2.75, 3.05) is 43.1 Å². The summed E-state index contributed by atoms with van der Waals surface area (Å²) in [6, 6.07) is 4.39. The van der Waals surface area contributed by atoms with Gasteiger partial charge in [-0.2, -0.15) is 0 Å². The van der Waals surface area contributed by atoms with Crippen LogP contribution in [-0.2, 0) is 4.79 Å². The van der Waals surface area contributed by atoms with E-state index in [2.05, 4.69) is 10.2 Å². The summed E-state index contributed by atoms with van der Waals surface area (Å²) in [6.07, 6.45) is 3.63. The van der Waals surface area contributed by atoms with E-state index in [1.54, 1.807) is 6.07 Å². The Bertz CT molecular complexity index is 589. The van der Waals surface area contributed by atoms with Gasteiger partial charge in [0.25, 0.3) is 0 Å². The first-order chi connectivity index (χ1) is 12.1. The van der Waals surface area contributed by atoms with E-state index >= 15 is 0 Å². The molecule has 1 fully saturated rings. The molecule has 0 saturated carbocycles. The van der Waals surface area contributed by atoms with Crippen molar-refractivity contribution < 1.29 is 19.1 Å². The van der Waals surface area contributed by atoms with E-state index in [1.165, 1.54) is 18.0 Å². The standard InChI is InChI=1S/C18H26FN3O3/c1-20-18(25)22(8-2-11-23)17-4-3-15(13-16(17)19)21-9-5-14(6-10-21)7-12-24/h3-4,11,13-14,24H,2,5-10,12H2,1H3,(H,20,25). The molecule has 6 nitrogen and oxygen atoms in total. The first-order valence-corrected chi connectivity index (χ1v) is 8.69. The third-order valence-corrected chi connectivity index (χ3v) is 4.67. The highest BCUT2D eigenvalue weighted by Gasteiger charge is 2.22. The van der Waals surface area contributed by atoms with Crippen molar-refractivity contribution in [1.29, 1.82) is 0 Å². The number of nitrogens with zero attached hydrogens (tertiary/aromatic N) is 2. The largest absolute Gasteiger partial charge is 0.396 e. The number of amides is 2. The van der Waals surface area contributed by atoms with Crippen LogP contribution in [0.1, 0.15) is 25.7 Å². The predicted molar refractivity (Wildman–Crippen MR) is 95.5 cm³/mol. The van der Waals surface area contributed by atoms with Crippen LogP contribution in [0.15, 0.2) is 18.2 Å². The van der Waals surface area contributed by atoms with Crippen molar-refractivity contribution in [2.24, 2.45) is 5.92 Å². The van der Waals surface area contributed by atoms with Crippen molar-refractivity contribution in [3.8, 4) is 0 Å². The highest BCUT2D eigenvalue weighted by Crippen LogP contribution is 2.29. The van der Waals surface area contributed by atoms with Crippen molar-refractivity contribution in [1.82, 2.24) is 5.32 Å². The molecule has 1 saturated heterocycles. The Labute approximate surface area is 147 Å². The molecule has 7 heteroatoms. The fourth-order valence-electron chi connectivity index (χ4n) is 3.22. The number of aliphatic hydroxyl groups excluding tert-OH is 1. The molecule has 138 valence electrons. The summed E-state index contributed by atoms with van der Waals surface area (Å²) in [5.74, 6) is 0.0435. The van der Waals surface area contributed by atoms with Crippen molar-refractivity contribution >= 4 is 23.7 Å². The number of urea groups is 1. The molecule has 25 heavy (non-hydrogen) atoms. The molecular weight excluding hydrogens is 325 g/mol. The van der Waals surface area contributed by atoms with Crippen LogP contribution in [0.25, 0.3) is 0 Å². The number of nitrogens with one attached hydrogen (secondary N) is 1. The zero-order valence-corrected chi connectivity index (χ0v) is 14.6. The molecule has 0 aromatic heterocycles. The Morgan fingerprint density at radius 2 is 2.16 bits per heavy atom. The second-order valence-corrected chi connectivity index (χ2v) is 6.24. The van der Waals surface area contributed by atoms with E-state index in [-0.39, 0.29) is 25.3 Å². The van der Waals surface area contributed by atoms with Crippen LogP contribution in [0.5, 0.6) is 0 Å². The van der Waals surface area contributed by atoms with Gasteiger partial charge in [0, 0.05) is 45.4 Å². The van der Waals surface area contributed by atoms with Gasteiger partial charge in [-0.3, -0.25) is 4.90 Å². The van der Waals surface area contributed by atoms with Crippen LogP contribution in [0.4, 0.5) is 20.6 Å². The second kappa shape index (κ2) is 9.36. The van der Waals surface area contributed by atoms with E-state index in [0.717, 1.165) is 38.0 Å². The summed E-state index contributed by atoms with van der Waals surface area (Å²) >= 11 is 0. The number of aliphatic hydroxyl groups is 1. The highest BCUT2D eigenvalue weighted by molar-refractivity contribution is 5.92. The third-order valence-electron chi connectivity index (χ3n) is 4.67. The number of hydrogen-bond donors (Lipinski definition) is 2. The molecule has 0 atom stereocenters. The summed E-state index contributed by atoms with van der Waals surface area (Å²) in [7, 11) is 1.47. The molecule has 0 spiro atoms. The summed E-state index contributed by atoms with van der Waals surface area (Å²) in [6.45, 7) is 2.00. The molecule has 1 heterocycles. The van der Waals surface area contributed by atoms with Gasteiger partial charge in [0.1, 0.15) is 12.1 Å². The SMILES string of the molecule is CNC(=O)N(CCC=O)c1ccc(N2CCC(CCO)CC2)cc1F. The van der Waals surface area contributed by atoms with Crippen LogP contribution in [-0.4, -0.2) is 50.7 Å². The van der Waals surface area contributed by atoms with Gasteiger partial charge in [-0.05, 0) is 43.4 Å². The van der Waals surface area contributed by atoms with Crippen LogP contribution in [0.3, 0.4) is 0 Å². The van der Waals surface area contributed by atoms with E-state index in [0.29, 0.717) is 12.2 Å². The van der Waals surface area contributed by atoms with Gasteiger partial charge < -0.3 is 20.1 Å². The minimum atomic E-state index is -0.482. The number of halogens is 1. The molecule has 0 radical (unpaired) electrons. The normalized spacial score (nSPS) is 15.1. The fraction of sp³-hybridized carbons (Fsp3) is 0.556. The Balaban J connectivity index is 2.11. The number of anilines is 2. The number of hydrogen-bond acceptors (Lipinski definition) is 4. The Hall–Kier alpha value is -2.15. The van der Waals surface area contributed by atoms with Crippen LogP contribution < -0.4 is 15.1 Å². The molecule has 1 aromatic rings. The van der Waals surface area contributed by atoms with E-state index in [4.69, 9.17) is 5.11 Å². The summed E-state index contributed by atoms with van der Waals surface area (Å²) in [4.78, 5) is 25.9. The lowest BCUT2D eigenvalue weighted by molar-refractivity contribution is -0.107. The molecule has 0 aliphatic carbocycles. The molecule has 2 N–H and O–H groups in total. The van der Waals surface area contributed by atoms with Gasteiger partial charge in [0.05, 0.1) is 5.69 Å². The third kappa shape index (κ3) is 4.92. The Morgan fingerprint density at radius 3 is 2.72 bits per heavy atom. The molecule has 2 rings (SSSR count). The van der Waals surface area contributed by atoms with Gasteiger partial charge in [-0.1, -0.05) is 0 Å². The van der Waals surface area contributed by atoms with Gasteiger partial charge in [-0.15, -0.1) is 0 Å². The average Bonchev–Trinajstić information content (AvgIpc) is 2.63. The number of piperidine rings is 1. The lowest BCUT2D eigenvalue weighted by Crippen LogP contribution is -2.39. The molecule has 0 unspecified atom stereocenters. The van der Waals surface area contributed by atoms with Crippen LogP contribution >= 0.6 is 0 Å². The smallest absolute Gasteiger partial charge is 0.321 e. The average molecular weight is 351 g/mol. The molecule has 1 aliphatic heterocycles. The summed E-state index contributed by atoms with van der Waals surface area (Å²) in [5, 5.41) is 11.5. The van der Waals surface area contributed by atoms with E-state index in [1.807, 2.05) is 6.07 Å². The lowest BCUT2D eigenvalue weighted by atomic mass is 9.93. The topological polar surface area (TPSA) is 72.9 Å². The van der Waals surface area contributed by atoms with Gasteiger partial charge in [0.2, 0.25) is 0 Å². The number of carbonyl (C=O) groups excluding carboxylic acids is 2. The first-order valence-electron chi connectivity index (χ1n) is 8.69. The molecule has 1 aromatic carbocycles. The quantitative estimate of drug-likeness (QED) is 0.739. The predicted octanol–water partition coefficient (Wildman–Crippen LogP) is 2.16. The molecular formula is C18H26FN3O3. The molecule has 2 amide bonds. The number of rotatable bonds is 7. The number of aldehydes is 1. The second-order valence-electron chi connectivity index (χ2n) is 6.24. The highest BCUT2D eigenvalue weighted by atomic mass is 19.1. The fourth-order valence-corrected chi connectivity index (χ4v) is 3.22. The molecule has 0 bridgehead atoms. The summed E-state index contributed by atoms with van der Waals surface area (Å²) < 4.78 is 14.6. The van der Waals surface area contributed by atoms with Gasteiger partial charge >= 0.3 is 6.03 Å². The van der Waals surface area contributed by atoms with E-state index < -0.39 is 11.8 Å². The van der Waals surface area contributed by atoms with Crippen molar-refractivity contribution in [3.63, 3.8) is 0 Å². The maximum Gasteiger partial charge on any atom is 0.321 e. The monoisotopic (exact) mass is 351 g/mol. The first kappa shape index (κ1) is 19.2. The van der Waals surface area contributed by atoms with Crippen LogP contribution in [0.2, 0.25) is 0 Å². The summed E-state index contributed by atoms with van der Waals surface area (Å²) in [5.41, 5.74) is 0.955. The van der Waals surface area contributed by atoms with Crippen molar-refractivity contribution in [2.45, 2.75) is 25.7 Å². The Morgan fingerprint density at radius 1 is 1.44 bits per heavy atom. The van der Waals surface area contributed by atoms with Gasteiger partial charge in [-0.25, -0.2) is 9.18 Å². The number of benzene rings is 1. The maximum atomic E-state index is 14.6. The minimum Gasteiger partial charge on any atom is -0.396 e. The minimum absolute atomic E-state index is 0.131. The van der Waals surface area contributed by atoms with E-state index in [9.17, 15) is 14.0 Å². The lowest BCUT2D eigenvalue weighted by Gasteiger charge is -2.34. The van der Waals surface area contributed by atoms with Crippen LogP contribution in [0, 0.1) is 11.7 Å². The van der Waals surface area contributed by atoms with Gasteiger partial charge in [0.15, 0.2) is 0 Å². The zero-order valence-electron chi connectivity index (χ0n) is 14.6. The maximum absolute atomic E-state index is 14.6.